The SMILES string of the molecule is C[C@H](Cc1ncnc2scnc12)c1cc2cccc(C=O)c2c(=O)n1-c1ccccc1. The van der Waals surface area contributed by atoms with Crippen LogP contribution in [-0.4, -0.2) is 25.8 Å². The molecule has 1 atom stereocenters. The van der Waals surface area contributed by atoms with Crippen LogP contribution in [0.25, 0.3) is 26.8 Å². The number of hydrogen-bond donors (Lipinski definition) is 0. The van der Waals surface area contributed by atoms with Crippen LogP contribution in [0.2, 0.25) is 0 Å². The summed E-state index contributed by atoms with van der Waals surface area (Å²) in [6.07, 6.45) is 2.90. The predicted molar refractivity (Wildman–Crippen MR) is 122 cm³/mol. The number of aldehydes is 1. The Balaban J connectivity index is 1.73. The van der Waals surface area contributed by atoms with Gasteiger partial charge in [0, 0.05) is 29.3 Å². The van der Waals surface area contributed by atoms with Crippen LogP contribution in [-0.2, 0) is 6.42 Å². The molecule has 0 unspecified atom stereocenters. The van der Waals surface area contributed by atoms with Gasteiger partial charge in [-0.3, -0.25) is 14.2 Å². The highest BCUT2D eigenvalue weighted by Gasteiger charge is 2.20. The van der Waals surface area contributed by atoms with E-state index in [9.17, 15) is 9.59 Å². The molecular weight excluding hydrogens is 408 g/mol. The molecular formula is C24H18N4O2S. The number of aromatic nitrogens is 4. The van der Waals surface area contributed by atoms with Crippen molar-refractivity contribution in [1.29, 1.82) is 0 Å². The van der Waals surface area contributed by atoms with Gasteiger partial charge in [-0.25, -0.2) is 15.0 Å². The van der Waals surface area contributed by atoms with Crippen LogP contribution in [0, 0.1) is 0 Å². The smallest absolute Gasteiger partial charge is 0.263 e. The van der Waals surface area contributed by atoms with Crippen LogP contribution in [0.3, 0.4) is 0 Å². The molecule has 0 aliphatic carbocycles. The fourth-order valence-corrected chi connectivity index (χ4v) is 4.65. The van der Waals surface area contributed by atoms with Crippen molar-refractivity contribution in [3.8, 4) is 5.69 Å². The Labute approximate surface area is 181 Å². The van der Waals surface area contributed by atoms with E-state index in [4.69, 9.17) is 0 Å². The summed E-state index contributed by atoms with van der Waals surface area (Å²) in [6.45, 7) is 2.07. The molecule has 0 bridgehead atoms. The first kappa shape index (κ1) is 19.3. The molecule has 0 aliphatic rings. The van der Waals surface area contributed by atoms with Crippen LogP contribution < -0.4 is 5.56 Å². The number of rotatable bonds is 5. The molecule has 7 heteroatoms. The van der Waals surface area contributed by atoms with E-state index in [1.165, 1.54) is 11.3 Å². The molecule has 152 valence electrons. The van der Waals surface area contributed by atoms with Crippen molar-refractivity contribution in [2.24, 2.45) is 0 Å². The van der Waals surface area contributed by atoms with Crippen LogP contribution in [0.1, 0.15) is 34.6 Å². The number of carbonyl (C=O) groups is 1. The molecule has 2 aromatic carbocycles. The summed E-state index contributed by atoms with van der Waals surface area (Å²) in [5.74, 6) is -0.0306. The lowest BCUT2D eigenvalue weighted by Gasteiger charge is -2.20. The molecule has 6 nitrogen and oxygen atoms in total. The molecule has 0 N–H and O–H groups in total. The Bertz CT molecular complexity index is 1470. The van der Waals surface area contributed by atoms with Crippen molar-refractivity contribution >= 4 is 38.7 Å². The summed E-state index contributed by atoms with van der Waals surface area (Å²) in [6, 6.07) is 16.9. The molecule has 0 spiro atoms. The summed E-state index contributed by atoms with van der Waals surface area (Å²) in [4.78, 5) is 39.2. The van der Waals surface area contributed by atoms with E-state index < -0.39 is 0 Å². The number of fused-ring (bicyclic) bond motifs is 2. The van der Waals surface area contributed by atoms with Crippen molar-refractivity contribution in [3.05, 3.63) is 93.7 Å². The Kier molecular flexibility index (Phi) is 4.88. The van der Waals surface area contributed by atoms with Gasteiger partial charge in [-0.2, -0.15) is 0 Å². The van der Waals surface area contributed by atoms with Gasteiger partial charge < -0.3 is 0 Å². The highest BCUT2D eigenvalue weighted by Crippen LogP contribution is 2.28. The second kappa shape index (κ2) is 7.85. The number of thiazole rings is 1. The fraction of sp³-hybridized carbons (Fsp3) is 0.125. The van der Waals surface area contributed by atoms with Crippen LogP contribution in [0.5, 0.6) is 0 Å². The zero-order valence-electron chi connectivity index (χ0n) is 16.7. The van der Waals surface area contributed by atoms with Gasteiger partial charge >= 0.3 is 0 Å². The number of nitrogens with zero attached hydrogens (tertiary/aromatic N) is 4. The van der Waals surface area contributed by atoms with Gasteiger partial charge in [0.25, 0.3) is 5.56 Å². The number of benzene rings is 2. The Morgan fingerprint density at radius 2 is 1.90 bits per heavy atom. The third-order valence-corrected chi connectivity index (χ3v) is 6.20. The molecule has 31 heavy (non-hydrogen) atoms. The maximum absolute atomic E-state index is 13.6. The van der Waals surface area contributed by atoms with E-state index in [-0.39, 0.29) is 11.5 Å². The molecule has 3 aromatic heterocycles. The van der Waals surface area contributed by atoms with Crippen molar-refractivity contribution in [2.45, 2.75) is 19.3 Å². The first-order valence-electron chi connectivity index (χ1n) is 9.89. The average Bonchev–Trinajstić information content (AvgIpc) is 3.29. The van der Waals surface area contributed by atoms with Crippen molar-refractivity contribution in [1.82, 2.24) is 19.5 Å². The standard InChI is InChI=1S/C24H18N4O2S/c1-15(10-19-22-23(26-13-25-19)31-14-27-22)20-11-16-6-5-7-17(12-29)21(16)24(30)28(20)18-8-3-2-4-9-18/h2-9,11-15H,10H2,1H3/t15-/m1/s1. The zero-order valence-corrected chi connectivity index (χ0v) is 17.5. The molecule has 5 rings (SSSR count). The van der Waals surface area contributed by atoms with E-state index in [2.05, 4.69) is 21.9 Å². The lowest BCUT2D eigenvalue weighted by atomic mass is 9.96. The van der Waals surface area contributed by atoms with Gasteiger partial charge in [0.15, 0.2) is 6.29 Å². The maximum Gasteiger partial charge on any atom is 0.263 e. The molecule has 0 saturated heterocycles. The molecule has 0 saturated carbocycles. The first-order chi connectivity index (χ1) is 15.2. The van der Waals surface area contributed by atoms with Crippen molar-refractivity contribution < 1.29 is 4.79 Å². The second-order valence-electron chi connectivity index (χ2n) is 7.41. The predicted octanol–water partition coefficient (Wildman–Crippen LogP) is 4.55. The molecule has 5 aromatic rings. The molecule has 0 radical (unpaired) electrons. The third kappa shape index (κ3) is 3.33. The minimum absolute atomic E-state index is 0.0306. The zero-order chi connectivity index (χ0) is 21.4. The Hall–Kier alpha value is -3.71. The molecule has 3 heterocycles. The van der Waals surface area contributed by atoms with Crippen LogP contribution in [0.4, 0.5) is 0 Å². The highest BCUT2D eigenvalue weighted by atomic mass is 32.1. The van der Waals surface area contributed by atoms with Gasteiger partial charge in [-0.15, -0.1) is 11.3 Å². The van der Waals surface area contributed by atoms with E-state index in [1.54, 1.807) is 28.5 Å². The number of para-hydroxylation sites is 1. The van der Waals surface area contributed by atoms with Crippen LogP contribution in [0.15, 0.2) is 71.2 Å². The van der Waals surface area contributed by atoms with Gasteiger partial charge in [-0.05, 0) is 23.6 Å². The largest absolute Gasteiger partial charge is 0.298 e. The van der Waals surface area contributed by atoms with E-state index >= 15 is 0 Å². The number of carbonyl (C=O) groups excluding carboxylic acids is 1. The number of hydrogen-bond acceptors (Lipinski definition) is 6. The lowest BCUT2D eigenvalue weighted by Crippen LogP contribution is -2.24. The molecule has 0 fully saturated rings. The fourth-order valence-electron chi connectivity index (χ4n) is 4.00. The van der Waals surface area contributed by atoms with Crippen molar-refractivity contribution in [2.75, 3.05) is 0 Å². The summed E-state index contributed by atoms with van der Waals surface area (Å²) < 4.78 is 1.71. The average molecular weight is 427 g/mol. The quantitative estimate of drug-likeness (QED) is 0.385. The third-order valence-electron chi connectivity index (χ3n) is 5.46. The monoisotopic (exact) mass is 426 g/mol. The normalized spacial score (nSPS) is 12.3. The maximum atomic E-state index is 13.6. The van der Waals surface area contributed by atoms with Crippen LogP contribution >= 0.6 is 11.3 Å². The number of pyridine rings is 1. The van der Waals surface area contributed by atoms with Crippen molar-refractivity contribution in [3.63, 3.8) is 0 Å². The minimum atomic E-state index is -0.199. The van der Waals surface area contributed by atoms with Gasteiger partial charge in [0.05, 0.1) is 16.6 Å². The van der Waals surface area contributed by atoms with Gasteiger partial charge in [0.1, 0.15) is 16.7 Å². The van der Waals surface area contributed by atoms with Gasteiger partial charge in [-0.1, -0.05) is 43.3 Å². The highest BCUT2D eigenvalue weighted by molar-refractivity contribution is 7.16. The van der Waals surface area contributed by atoms with E-state index in [0.717, 1.165) is 39.1 Å². The lowest BCUT2D eigenvalue weighted by molar-refractivity contribution is 0.112. The summed E-state index contributed by atoms with van der Waals surface area (Å²) in [7, 11) is 0. The Morgan fingerprint density at radius 1 is 1.06 bits per heavy atom. The Morgan fingerprint density at radius 3 is 2.71 bits per heavy atom. The minimum Gasteiger partial charge on any atom is -0.298 e. The topological polar surface area (TPSA) is 77.7 Å². The molecule has 0 aliphatic heterocycles. The molecule has 0 amide bonds. The van der Waals surface area contributed by atoms with Gasteiger partial charge in [0.2, 0.25) is 0 Å². The second-order valence-corrected chi connectivity index (χ2v) is 8.24. The summed E-state index contributed by atoms with van der Waals surface area (Å²) >= 11 is 1.48. The van der Waals surface area contributed by atoms with E-state index in [0.29, 0.717) is 17.4 Å². The summed E-state index contributed by atoms with van der Waals surface area (Å²) in [5, 5.41) is 1.19. The first-order valence-corrected chi connectivity index (χ1v) is 10.8. The van der Waals surface area contributed by atoms with E-state index in [1.807, 2.05) is 42.5 Å². The summed E-state index contributed by atoms with van der Waals surface area (Å²) in [5.41, 5.74) is 5.24.